The summed E-state index contributed by atoms with van der Waals surface area (Å²) in [6.45, 7) is 1.48. The molecule has 1 fully saturated rings. The van der Waals surface area contributed by atoms with E-state index >= 15 is 0 Å². The van der Waals surface area contributed by atoms with Gasteiger partial charge in [-0.25, -0.2) is 4.39 Å². The van der Waals surface area contributed by atoms with Crippen LogP contribution in [-0.2, 0) is 16.0 Å². The zero-order valence-corrected chi connectivity index (χ0v) is 9.12. The topological polar surface area (TPSA) is 26.3 Å². The van der Waals surface area contributed by atoms with E-state index in [1.165, 1.54) is 12.1 Å². The predicted octanol–water partition coefficient (Wildman–Crippen LogP) is 2.36. The Hall–Kier alpha value is -1.22. The minimum Gasteiger partial charge on any atom is -0.381 e. The average Bonchev–Trinajstić information content (AvgIpc) is 2.74. The third-order valence-electron chi connectivity index (χ3n) is 2.85. The van der Waals surface area contributed by atoms with Crippen molar-refractivity contribution in [1.29, 1.82) is 0 Å². The van der Waals surface area contributed by atoms with Gasteiger partial charge >= 0.3 is 0 Å². The molecule has 1 heterocycles. The number of carbonyl (C=O) groups is 1. The van der Waals surface area contributed by atoms with Crippen molar-refractivity contribution in [3.05, 3.63) is 35.6 Å². The number of hydrogen-bond acceptors (Lipinski definition) is 2. The number of ether oxygens (including phenoxy) is 1. The Bertz CT molecular complexity index is 353. The van der Waals surface area contributed by atoms with E-state index in [1.807, 2.05) is 0 Å². The van der Waals surface area contributed by atoms with Gasteiger partial charge in [0.05, 0.1) is 0 Å². The second-order valence-electron chi connectivity index (χ2n) is 4.28. The van der Waals surface area contributed by atoms with E-state index in [2.05, 4.69) is 0 Å². The maximum atomic E-state index is 12.7. The molecule has 1 aliphatic rings. The molecule has 0 radical (unpaired) electrons. The predicted molar refractivity (Wildman–Crippen MR) is 58.7 cm³/mol. The van der Waals surface area contributed by atoms with Gasteiger partial charge in [0.2, 0.25) is 0 Å². The van der Waals surface area contributed by atoms with Crippen LogP contribution in [0.1, 0.15) is 18.4 Å². The normalized spacial score (nSPS) is 19.9. The summed E-state index contributed by atoms with van der Waals surface area (Å²) in [6, 6.07) is 6.11. The molecule has 1 unspecified atom stereocenters. The van der Waals surface area contributed by atoms with E-state index in [-0.39, 0.29) is 11.6 Å². The number of rotatable bonds is 4. The van der Waals surface area contributed by atoms with Gasteiger partial charge in [0.1, 0.15) is 11.6 Å². The van der Waals surface area contributed by atoms with E-state index in [0.717, 1.165) is 18.6 Å². The average molecular weight is 222 g/mol. The molecule has 16 heavy (non-hydrogen) atoms. The number of carbonyl (C=O) groups excluding carboxylic acids is 1. The molecule has 3 heteroatoms. The second kappa shape index (κ2) is 5.21. The van der Waals surface area contributed by atoms with E-state index in [9.17, 15) is 9.18 Å². The quantitative estimate of drug-likeness (QED) is 0.781. The van der Waals surface area contributed by atoms with Gasteiger partial charge in [0.15, 0.2) is 0 Å². The number of benzene rings is 1. The lowest BCUT2D eigenvalue weighted by Gasteiger charge is -2.06. The van der Waals surface area contributed by atoms with Gasteiger partial charge in [-0.2, -0.15) is 0 Å². The Morgan fingerprint density at radius 2 is 2.12 bits per heavy atom. The molecule has 0 bridgehead atoms. The molecule has 0 aromatic heterocycles. The Kier molecular flexibility index (Phi) is 3.67. The van der Waals surface area contributed by atoms with Gasteiger partial charge in [-0.3, -0.25) is 4.79 Å². The minimum absolute atomic E-state index is 0.210. The van der Waals surface area contributed by atoms with E-state index in [0.29, 0.717) is 25.4 Å². The molecule has 1 aromatic rings. The fraction of sp³-hybridized carbons (Fsp3) is 0.462. The summed E-state index contributed by atoms with van der Waals surface area (Å²) in [6.07, 6.45) is 1.96. The monoisotopic (exact) mass is 222 g/mol. The van der Waals surface area contributed by atoms with Crippen molar-refractivity contribution in [2.24, 2.45) is 5.92 Å². The molecule has 2 nitrogen and oxygen atoms in total. The lowest BCUT2D eigenvalue weighted by molar-refractivity contribution is -0.119. The molecule has 1 aromatic carbocycles. The second-order valence-corrected chi connectivity index (χ2v) is 4.28. The van der Waals surface area contributed by atoms with E-state index in [1.54, 1.807) is 12.1 Å². The SMILES string of the molecule is O=C(Cc1ccc(F)cc1)CC1CCOC1. The summed E-state index contributed by atoms with van der Waals surface area (Å²) < 4.78 is 17.9. The first-order valence-corrected chi connectivity index (χ1v) is 5.58. The van der Waals surface area contributed by atoms with Crippen LogP contribution in [-0.4, -0.2) is 19.0 Å². The van der Waals surface area contributed by atoms with Crippen molar-refractivity contribution < 1.29 is 13.9 Å². The minimum atomic E-state index is -0.264. The van der Waals surface area contributed by atoms with Crippen molar-refractivity contribution >= 4 is 5.78 Å². The molecule has 0 N–H and O–H groups in total. The number of halogens is 1. The summed E-state index contributed by atoms with van der Waals surface area (Å²) in [5, 5.41) is 0. The molecule has 0 aliphatic carbocycles. The molecule has 0 spiro atoms. The van der Waals surface area contributed by atoms with Crippen LogP contribution in [0.25, 0.3) is 0 Å². The molecular formula is C13H15FO2. The lowest BCUT2D eigenvalue weighted by Crippen LogP contribution is -2.10. The highest BCUT2D eigenvalue weighted by Gasteiger charge is 2.18. The van der Waals surface area contributed by atoms with Crippen LogP contribution in [0.2, 0.25) is 0 Å². The van der Waals surface area contributed by atoms with Gasteiger partial charge < -0.3 is 4.74 Å². The Morgan fingerprint density at radius 3 is 2.75 bits per heavy atom. The maximum absolute atomic E-state index is 12.7. The molecule has 1 saturated heterocycles. The first-order chi connectivity index (χ1) is 7.74. The van der Waals surface area contributed by atoms with E-state index in [4.69, 9.17) is 4.74 Å². The van der Waals surface area contributed by atoms with Crippen LogP contribution < -0.4 is 0 Å². The third-order valence-corrected chi connectivity index (χ3v) is 2.85. The zero-order valence-electron chi connectivity index (χ0n) is 9.12. The Labute approximate surface area is 94.4 Å². The van der Waals surface area contributed by atoms with Crippen molar-refractivity contribution in [2.45, 2.75) is 19.3 Å². The van der Waals surface area contributed by atoms with Crippen molar-refractivity contribution in [2.75, 3.05) is 13.2 Å². The number of hydrogen-bond donors (Lipinski definition) is 0. The Balaban J connectivity index is 1.84. The third kappa shape index (κ3) is 3.14. The highest BCUT2D eigenvalue weighted by atomic mass is 19.1. The van der Waals surface area contributed by atoms with Crippen LogP contribution in [0.4, 0.5) is 4.39 Å². The first-order valence-electron chi connectivity index (χ1n) is 5.58. The van der Waals surface area contributed by atoms with Gasteiger partial charge in [-0.15, -0.1) is 0 Å². The lowest BCUT2D eigenvalue weighted by atomic mass is 9.98. The summed E-state index contributed by atoms with van der Waals surface area (Å²) in [5.41, 5.74) is 0.880. The highest BCUT2D eigenvalue weighted by molar-refractivity contribution is 5.81. The molecule has 1 aliphatic heterocycles. The van der Waals surface area contributed by atoms with Crippen molar-refractivity contribution in [1.82, 2.24) is 0 Å². The maximum Gasteiger partial charge on any atom is 0.137 e. The molecule has 0 saturated carbocycles. The molecule has 86 valence electrons. The molecule has 2 rings (SSSR count). The van der Waals surface area contributed by atoms with Crippen LogP contribution in [0.3, 0.4) is 0 Å². The van der Waals surface area contributed by atoms with Gasteiger partial charge in [-0.1, -0.05) is 12.1 Å². The summed E-state index contributed by atoms with van der Waals surface area (Å²) in [4.78, 5) is 11.7. The summed E-state index contributed by atoms with van der Waals surface area (Å²) >= 11 is 0. The van der Waals surface area contributed by atoms with Crippen molar-refractivity contribution in [3.63, 3.8) is 0 Å². The van der Waals surface area contributed by atoms with Crippen LogP contribution in [0, 0.1) is 11.7 Å². The smallest absolute Gasteiger partial charge is 0.137 e. The van der Waals surface area contributed by atoms with Gasteiger partial charge in [0.25, 0.3) is 0 Å². The fourth-order valence-electron chi connectivity index (χ4n) is 1.97. The molecular weight excluding hydrogens is 207 g/mol. The zero-order chi connectivity index (χ0) is 11.4. The molecule has 0 amide bonds. The van der Waals surface area contributed by atoms with Crippen LogP contribution in [0.5, 0.6) is 0 Å². The van der Waals surface area contributed by atoms with E-state index < -0.39 is 0 Å². The largest absolute Gasteiger partial charge is 0.381 e. The van der Waals surface area contributed by atoms with Crippen molar-refractivity contribution in [3.8, 4) is 0 Å². The standard InChI is InChI=1S/C13H15FO2/c14-12-3-1-10(2-4-12)7-13(15)8-11-5-6-16-9-11/h1-4,11H,5-9H2. The van der Waals surface area contributed by atoms with Crippen LogP contribution >= 0.6 is 0 Å². The number of Topliss-reactive ketones (excluding diaryl/α,β-unsaturated/α-hetero) is 1. The van der Waals surface area contributed by atoms with Gasteiger partial charge in [-0.05, 0) is 30.0 Å². The van der Waals surface area contributed by atoms with Gasteiger partial charge in [0, 0.05) is 26.1 Å². The highest BCUT2D eigenvalue weighted by Crippen LogP contribution is 2.17. The first kappa shape index (κ1) is 11.3. The fourth-order valence-corrected chi connectivity index (χ4v) is 1.97. The summed E-state index contributed by atoms with van der Waals surface area (Å²) in [7, 11) is 0. The summed E-state index contributed by atoms with van der Waals surface area (Å²) in [5.74, 6) is 0.329. The Morgan fingerprint density at radius 1 is 1.38 bits per heavy atom. The number of ketones is 1. The molecule has 1 atom stereocenters. The van der Waals surface area contributed by atoms with Crippen LogP contribution in [0.15, 0.2) is 24.3 Å².